The van der Waals surface area contributed by atoms with Crippen LogP contribution in [-0.2, 0) is 34.2 Å². The molecule has 5 nitrogen and oxygen atoms in total. The zero-order chi connectivity index (χ0) is 17.6. The van der Waals surface area contributed by atoms with Gasteiger partial charge in [0, 0.05) is 19.5 Å². The fourth-order valence-corrected chi connectivity index (χ4v) is 5.24. The van der Waals surface area contributed by atoms with Crippen LogP contribution in [0.4, 0.5) is 5.69 Å². The van der Waals surface area contributed by atoms with Crippen LogP contribution >= 0.6 is 11.6 Å². The highest BCUT2D eigenvalue weighted by Gasteiger charge is 2.30. The van der Waals surface area contributed by atoms with Gasteiger partial charge in [0.25, 0.3) is 0 Å². The minimum absolute atomic E-state index is 0.0994. The van der Waals surface area contributed by atoms with Crippen molar-refractivity contribution in [3.8, 4) is 0 Å². The lowest BCUT2D eigenvalue weighted by Gasteiger charge is -2.28. The zero-order valence-corrected chi connectivity index (χ0v) is 15.0. The summed E-state index contributed by atoms with van der Waals surface area (Å²) in [5.41, 5.74) is 3.53. The molecule has 2 heterocycles. The zero-order valence-electron chi connectivity index (χ0n) is 13.5. The predicted molar refractivity (Wildman–Crippen MR) is 96.1 cm³/mol. The van der Waals surface area contributed by atoms with Crippen LogP contribution in [0.3, 0.4) is 0 Å². The Bertz CT molecular complexity index is 972. The number of carbonyl (C=O) groups excluding carboxylic acids is 1. The Morgan fingerprint density at radius 3 is 2.56 bits per heavy atom. The summed E-state index contributed by atoms with van der Waals surface area (Å²) in [5.74, 6) is -0.0994. The number of benzene rings is 2. The van der Waals surface area contributed by atoms with Crippen LogP contribution in [0, 0.1) is 0 Å². The van der Waals surface area contributed by atoms with Crippen LogP contribution in [0.15, 0.2) is 41.3 Å². The number of nitrogens with zero attached hydrogens (tertiary/aromatic N) is 1. The van der Waals surface area contributed by atoms with Crippen molar-refractivity contribution in [1.82, 2.24) is 4.31 Å². The second-order valence-electron chi connectivity index (χ2n) is 6.34. The van der Waals surface area contributed by atoms with E-state index >= 15 is 0 Å². The molecular weight excluding hydrogens is 360 g/mol. The molecular formula is C18H17ClN2O3S. The van der Waals surface area contributed by atoms with Crippen molar-refractivity contribution in [2.75, 3.05) is 11.9 Å². The quantitative estimate of drug-likeness (QED) is 0.876. The molecule has 0 atom stereocenters. The van der Waals surface area contributed by atoms with Crippen LogP contribution in [0.2, 0.25) is 5.02 Å². The van der Waals surface area contributed by atoms with E-state index in [1.807, 2.05) is 24.3 Å². The normalized spacial score (nSPS) is 17.6. The highest BCUT2D eigenvalue weighted by Crippen LogP contribution is 2.35. The van der Waals surface area contributed by atoms with Crippen LogP contribution in [-0.4, -0.2) is 25.2 Å². The van der Waals surface area contributed by atoms with Gasteiger partial charge in [0.2, 0.25) is 15.9 Å². The first-order valence-corrected chi connectivity index (χ1v) is 9.96. The molecule has 4 rings (SSSR count). The highest BCUT2D eigenvalue weighted by atomic mass is 35.5. The topological polar surface area (TPSA) is 66.5 Å². The van der Waals surface area contributed by atoms with Crippen molar-refractivity contribution in [2.45, 2.75) is 30.7 Å². The van der Waals surface area contributed by atoms with E-state index < -0.39 is 10.0 Å². The fraction of sp³-hybridized carbons (Fsp3) is 0.278. The minimum atomic E-state index is -3.64. The average molecular weight is 377 g/mol. The first kappa shape index (κ1) is 16.6. The van der Waals surface area contributed by atoms with E-state index in [1.54, 1.807) is 6.07 Å². The van der Waals surface area contributed by atoms with Gasteiger partial charge in [-0.05, 0) is 41.7 Å². The monoisotopic (exact) mass is 376 g/mol. The van der Waals surface area contributed by atoms with Crippen molar-refractivity contribution < 1.29 is 13.2 Å². The molecule has 2 aliphatic heterocycles. The van der Waals surface area contributed by atoms with Gasteiger partial charge in [0.1, 0.15) is 0 Å². The second kappa shape index (κ2) is 6.12. The van der Waals surface area contributed by atoms with Gasteiger partial charge in [-0.15, -0.1) is 0 Å². The molecule has 130 valence electrons. The van der Waals surface area contributed by atoms with Gasteiger partial charge in [0.05, 0.1) is 15.6 Å². The lowest BCUT2D eigenvalue weighted by molar-refractivity contribution is -0.116. The summed E-state index contributed by atoms with van der Waals surface area (Å²) in [6, 6.07) is 11.0. The minimum Gasteiger partial charge on any atom is -0.325 e. The third-order valence-corrected chi connectivity index (χ3v) is 6.89. The lowest BCUT2D eigenvalue weighted by Crippen LogP contribution is -2.36. The molecule has 0 bridgehead atoms. The molecule has 0 saturated carbocycles. The van der Waals surface area contributed by atoms with Crippen molar-refractivity contribution in [2.24, 2.45) is 0 Å². The van der Waals surface area contributed by atoms with Crippen LogP contribution < -0.4 is 5.32 Å². The van der Waals surface area contributed by atoms with Gasteiger partial charge >= 0.3 is 0 Å². The maximum absolute atomic E-state index is 13.1. The molecule has 0 aromatic heterocycles. The van der Waals surface area contributed by atoms with Gasteiger partial charge in [-0.2, -0.15) is 4.31 Å². The predicted octanol–water partition coefficient (Wildman–Crippen LogP) is 2.97. The maximum Gasteiger partial charge on any atom is 0.243 e. The van der Waals surface area contributed by atoms with Gasteiger partial charge in [-0.1, -0.05) is 35.9 Å². The Kier molecular flexibility index (Phi) is 4.06. The van der Waals surface area contributed by atoms with Crippen molar-refractivity contribution in [3.63, 3.8) is 0 Å². The second-order valence-corrected chi connectivity index (χ2v) is 8.69. The smallest absolute Gasteiger partial charge is 0.243 e. The number of rotatable bonds is 2. The van der Waals surface area contributed by atoms with E-state index in [4.69, 9.17) is 11.6 Å². The number of hydrogen-bond acceptors (Lipinski definition) is 3. The molecule has 0 unspecified atom stereocenters. The van der Waals surface area contributed by atoms with Crippen molar-refractivity contribution in [3.05, 3.63) is 58.1 Å². The Morgan fingerprint density at radius 1 is 1.00 bits per heavy atom. The summed E-state index contributed by atoms with van der Waals surface area (Å²) in [5, 5.41) is 2.99. The fourth-order valence-electron chi connectivity index (χ4n) is 3.40. The maximum atomic E-state index is 13.1. The summed E-state index contributed by atoms with van der Waals surface area (Å²) in [4.78, 5) is 11.7. The number of halogens is 1. The van der Waals surface area contributed by atoms with E-state index in [-0.39, 0.29) is 15.8 Å². The average Bonchev–Trinajstić information content (AvgIpc) is 2.61. The molecule has 1 amide bonds. The molecule has 2 aromatic rings. The van der Waals surface area contributed by atoms with Crippen LogP contribution in [0.5, 0.6) is 0 Å². The Hall–Kier alpha value is -1.89. The SMILES string of the molecule is O=C1CCc2cc(S(=O)(=O)N3CCc4ccccc4C3)cc(Cl)c2N1. The van der Waals surface area contributed by atoms with Crippen LogP contribution in [0.1, 0.15) is 23.1 Å². The number of nitrogens with one attached hydrogen (secondary N) is 1. The Morgan fingerprint density at radius 2 is 1.76 bits per heavy atom. The van der Waals surface area contributed by atoms with E-state index in [9.17, 15) is 13.2 Å². The van der Waals surface area contributed by atoms with Crippen molar-refractivity contribution >= 4 is 33.2 Å². The number of fused-ring (bicyclic) bond motifs is 2. The lowest BCUT2D eigenvalue weighted by atomic mass is 10.0. The summed E-state index contributed by atoms with van der Waals surface area (Å²) in [6.07, 6.45) is 1.53. The third kappa shape index (κ3) is 2.94. The third-order valence-electron chi connectivity index (χ3n) is 4.76. The van der Waals surface area contributed by atoms with Gasteiger partial charge in [0.15, 0.2) is 0 Å². The molecule has 2 aliphatic rings. The largest absolute Gasteiger partial charge is 0.325 e. The first-order chi connectivity index (χ1) is 11.9. The highest BCUT2D eigenvalue weighted by molar-refractivity contribution is 7.89. The summed E-state index contributed by atoms with van der Waals surface area (Å²) in [6.45, 7) is 0.814. The summed E-state index contributed by atoms with van der Waals surface area (Å²) >= 11 is 6.24. The standard InChI is InChI=1S/C18H17ClN2O3S/c19-16-10-15(9-13-5-6-17(22)20-18(13)16)25(23,24)21-8-7-12-3-1-2-4-14(12)11-21/h1-4,9-10H,5-8,11H2,(H,20,22). The number of anilines is 1. The molecule has 0 fully saturated rings. The molecule has 25 heavy (non-hydrogen) atoms. The van der Waals surface area contributed by atoms with E-state index in [0.29, 0.717) is 38.0 Å². The molecule has 0 saturated heterocycles. The Labute approximate surface area is 151 Å². The summed E-state index contributed by atoms with van der Waals surface area (Å²) < 4.78 is 27.7. The summed E-state index contributed by atoms with van der Waals surface area (Å²) in [7, 11) is -3.64. The van der Waals surface area contributed by atoms with Gasteiger partial charge in [-0.25, -0.2) is 8.42 Å². The number of carbonyl (C=O) groups is 1. The van der Waals surface area contributed by atoms with E-state index in [0.717, 1.165) is 11.1 Å². The first-order valence-electron chi connectivity index (χ1n) is 8.14. The molecule has 0 radical (unpaired) electrons. The van der Waals surface area contributed by atoms with Crippen LogP contribution in [0.25, 0.3) is 0 Å². The van der Waals surface area contributed by atoms with Gasteiger partial charge in [-0.3, -0.25) is 4.79 Å². The van der Waals surface area contributed by atoms with E-state index in [1.165, 1.54) is 15.9 Å². The molecule has 2 aromatic carbocycles. The molecule has 0 aliphatic carbocycles. The number of hydrogen-bond donors (Lipinski definition) is 1. The molecule has 7 heteroatoms. The van der Waals surface area contributed by atoms with E-state index in [2.05, 4.69) is 5.32 Å². The number of amides is 1. The molecule has 1 N–H and O–H groups in total. The molecule has 0 spiro atoms. The number of aryl methyl sites for hydroxylation is 1. The number of sulfonamides is 1. The van der Waals surface area contributed by atoms with Gasteiger partial charge < -0.3 is 5.32 Å². The Balaban J connectivity index is 1.70. The van der Waals surface area contributed by atoms with Crippen molar-refractivity contribution in [1.29, 1.82) is 0 Å².